The van der Waals surface area contributed by atoms with Crippen molar-refractivity contribution in [2.45, 2.75) is 59.3 Å². The molecule has 1 atom stereocenters. The first-order valence-corrected chi connectivity index (χ1v) is 5.94. The normalized spacial score (nSPS) is 20.6. The molecule has 0 aromatic carbocycles. The Kier molecular flexibility index (Phi) is 4.55. The van der Waals surface area contributed by atoms with Gasteiger partial charge in [-0.1, -0.05) is 51.7 Å². The van der Waals surface area contributed by atoms with Crippen LogP contribution >= 0.6 is 0 Å². The third-order valence-corrected chi connectivity index (χ3v) is 2.83. The number of rotatable bonds is 7. The lowest BCUT2D eigenvalue weighted by Gasteiger charge is -2.03. The smallest absolute Gasteiger partial charge is 0.00177 e. The van der Waals surface area contributed by atoms with E-state index in [0.29, 0.717) is 0 Å². The van der Waals surface area contributed by atoms with E-state index in [-0.39, 0.29) is 0 Å². The summed E-state index contributed by atoms with van der Waals surface area (Å²) in [5.74, 6) is 1.77. The second-order valence-corrected chi connectivity index (χ2v) is 4.79. The summed E-state index contributed by atoms with van der Waals surface area (Å²) in [7, 11) is 0. The zero-order valence-corrected chi connectivity index (χ0v) is 9.47. The molecule has 0 amide bonds. The zero-order valence-electron chi connectivity index (χ0n) is 9.47. The van der Waals surface area contributed by atoms with Crippen molar-refractivity contribution in [2.75, 3.05) is 0 Å². The number of unbranched alkanes of at least 4 members (excludes halogenated alkanes) is 3. The Hall–Kier alpha value is -0.260. The Bertz CT molecular complexity index is 165. The molecule has 0 aromatic heterocycles. The molecule has 0 aromatic rings. The summed E-state index contributed by atoms with van der Waals surface area (Å²) in [5.41, 5.74) is 1.75. The monoisotopic (exact) mass is 180 g/mol. The molecule has 0 aliphatic heterocycles. The van der Waals surface area contributed by atoms with Crippen molar-refractivity contribution in [3.8, 4) is 0 Å². The summed E-state index contributed by atoms with van der Waals surface area (Å²) in [5, 5.41) is 0. The Labute approximate surface area is 83.4 Å². The SMILES string of the molecule is CCCCCCC1=CC1CC(C)C. The maximum Gasteiger partial charge on any atom is -0.00177 e. The molecule has 1 rings (SSSR count). The van der Waals surface area contributed by atoms with E-state index in [4.69, 9.17) is 0 Å². The van der Waals surface area contributed by atoms with E-state index in [2.05, 4.69) is 26.8 Å². The van der Waals surface area contributed by atoms with Crippen molar-refractivity contribution in [2.24, 2.45) is 11.8 Å². The van der Waals surface area contributed by atoms with Gasteiger partial charge in [0.2, 0.25) is 0 Å². The average molecular weight is 180 g/mol. The Morgan fingerprint density at radius 3 is 2.62 bits per heavy atom. The van der Waals surface area contributed by atoms with Crippen LogP contribution < -0.4 is 0 Å². The molecule has 0 bridgehead atoms. The van der Waals surface area contributed by atoms with Gasteiger partial charge in [0.05, 0.1) is 0 Å². The van der Waals surface area contributed by atoms with Gasteiger partial charge in [-0.3, -0.25) is 0 Å². The van der Waals surface area contributed by atoms with Crippen LogP contribution in [0.3, 0.4) is 0 Å². The molecule has 0 fully saturated rings. The van der Waals surface area contributed by atoms with E-state index in [9.17, 15) is 0 Å². The predicted octanol–water partition coefficient (Wildman–Crippen LogP) is 4.56. The van der Waals surface area contributed by atoms with E-state index < -0.39 is 0 Å². The van der Waals surface area contributed by atoms with Gasteiger partial charge in [-0.05, 0) is 31.1 Å². The highest BCUT2D eigenvalue weighted by Gasteiger charge is 2.23. The van der Waals surface area contributed by atoms with E-state index >= 15 is 0 Å². The minimum atomic E-state index is 0.870. The van der Waals surface area contributed by atoms with Gasteiger partial charge in [0.25, 0.3) is 0 Å². The quantitative estimate of drug-likeness (QED) is 0.398. The van der Waals surface area contributed by atoms with Gasteiger partial charge in [-0.25, -0.2) is 0 Å². The highest BCUT2D eigenvalue weighted by molar-refractivity contribution is 5.28. The van der Waals surface area contributed by atoms with Crippen LogP contribution in [0.2, 0.25) is 0 Å². The molecule has 1 aliphatic rings. The summed E-state index contributed by atoms with van der Waals surface area (Å²) < 4.78 is 0. The molecule has 0 nitrogen and oxygen atoms in total. The Balaban J connectivity index is 1.92. The van der Waals surface area contributed by atoms with Crippen molar-refractivity contribution in [1.29, 1.82) is 0 Å². The highest BCUT2D eigenvalue weighted by atomic mass is 14.3. The van der Waals surface area contributed by atoms with Crippen molar-refractivity contribution < 1.29 is 0 Å². The van der Waals surface area contributed by atoms with Gasteiger partial charge in [-0.15, -0.1) is 0 Å². The largest absolute Gasteiger partial charge is 0.0775 e. The molecule has 0 N–H and O–H groups in total. The Morgan fingerprint density at radius 2 is 2.00 bits per heavy atom. The van der Waals surface area contributed by atoms with E-state index in [1.165, 1.54) is 38.5 Å². The maximum absolute atomic E-state index is 2.48. The molecule has 13 heavy (non-hydrogen) atoms. The topological polar surface area (TPSA) is 0 Å². The first-order chi connectivity index (χ1) is 6.24. The second kappa shape index (κ2) is 5.47. The van der Waals surface area contributed by atoms with Gasteiger partial charge in [-0.2, -0.15) is 0 Å². The molecule has 1 aliphatic carbocycles. The van der Waals surface area contributed by atoms with E-state index in [0.717, 1.165) is 11.8 Å². The van der Waals surface area contributed by atoms with Crippen LogP contribution in [0.15, 0.2) is 11.6 Å². The lowest BCUT2D eigenvalue weighted by Crippen LogP contribution is -1.91. The molecule has 0 saturated carbocycles. The first kappa shape index (κ1) is 10.8. The average Bonchev–Trinajstić information content (AvgIpc) is 2.76. The van der Waals surface area contributed by atoms with Crippen molar-refractivity contribution in [1.82, 2.24) is 0 Å². The van der Waals surface area contributed by atoms with Crippen LogP contribution in [0.1, 0.15) is 59.3 Å². The summed E-state index contributed by atoms with van der Waals surface area (Å²) >= 11 is 0. The Morgan fingerprint density at radius 1 is 1.23 bits per heavy atom. The van der Waals surface area contributed by atoms with Crippen LogP contribution in [-0.2, 0) is 0 Å². The van der Waals surface area contributed by atoms with Gasteiger partial charge >= 0.3 is 0 Å². The summed E-state index contributed by atoms with van der Waals surface area (Å²) in [4.78, 5) is 0. The molecule has 0 heteroatoms. The number of allylic oxidation sites excluding steroid dienone is 2. The van der Waals surface area contributed by atoms with E-state index in [1.807, 2.05) is 0 Å². The van der Waals surface area contributed by atoms with Gasteiger partial charge in [0.1, 0.15) is 0 Å². The minimum absolute atomic E-state index is 0.870. The highest BCUT2D eigenvalue weighted by Crippen LogP contribution is 2.38. The van der Waals surface area contributed by atoms with Crippen LogP contribution in [0.4, 0.5) is 0 Å². The van der Waals surface area contributed by atoms with Crippen LogP contribution in [0, 0.1) is 11.8 Å². The van der Waals surface area contributed by atoms with Crippen LogP contribution in [0.5, 0.6) is 0 Å². The zero-order chi connectivity index (χ0) is 9.68. The predicted molar refractivity (Wildman–Crippen MR) is 59.8 cm³/mol. The summed E-state index contributed by atoms with van der Waals surface area (Å²) in [6.07, 6.45) is 10.9. The number of hydrogen-bond donors (Lipinski definition) is 0. The fourth-order valence-electron chi connectivity index (χ4n) is 1.96. The molecule has 0 radical (unpaired) electrons. The number of hydrogen-bond acceptors (Lipinski definition) is 0. The van der Waals surface area contributed by atoms with E-state index in [1.54, 1.807) is 5.57 Å². The molecular weight excluding hydrogens is 156 g/mol. The second-order valence-electron chi connectivity index (χ2n) is 4.79. The standard InChI is InChI=1S/C13H24/c1-4-5-6-7-8-12-10-13(12)9-11(2)3/h10-11,13H,4-9H2,1-3H3. The van der Waals surface area contributed by atoms with Crippen LogP contribution in [0.25, 0.3) is 0 Å². The maximum atomic E-state index is 2.48. The fourth-order valence-corrected chi connectivity index (χ4v) is 1.96. The fraction of sp³-hybridized carbons (Fsp3) is 0.846. The van der Waals surface area contributed by atoms with Crippen molar-refractivity contribution in [3.63, 3.8) is 0 Å². The van der Waals surface area contributed by atoms with Crippen molar-refractivity contribution in [3.05, 3.63) is 11.6 Å². The first-order valence-electron chi connectivity index (χ1n) is 5.94. The lowest BCUT2D eigenvalue weighted by atomic mass is 10.0. The lowest BCUT2D eigenvalue weighted by molar-refractivity contribution is 0.545. The molecular formula is C13H24. The molecule has 0 spiro atoms. The van der Waals surface area contributed by atoms with Gasteiger partial charge < -0.3 is 0 Å². The summed E-state index contributed by atoms with van der Waals surface area (Å²) in [6.45, 7) is 6.92. The minimum Gasteiger partial charge on any atom is -0.0775 e. The third-order valence-electron chi connectivity index (χ3n) is 2.83. The van der Waals surface area contributed by atoms with Crippen molar-refractivity contribution >= 4 is 0 Å². The van der Waals surface area contributed by atoms with Gasteiger partial charge in [0, 0.05) is 0 Å². The third kappa shape index (κ3) is 4.50. The van der Waals surface area contributed by atoms with Gasteiger partial charge in [0.15, 0.2) is 0 Å². The summed E-state index contributed by atoms with van der Waals surface area (Å²) in [6, 6.07) is 0. The molecule has 0 heterocycles. The molecule has 76 valence electrons. The molecule has 1 unspecified atom stereocenters. The van der Waals surface area contributed by atoms with Crippen LogP contribution in [-0.4, -0.2) is 0 Å². The molecule has 0 saturated heterocycles.